The molecule has 0 saturated carbocycles. The van der Waals surface area contributed by atoms with E-state index in [4.69, 9.17) is 0 Å². The second kappa shape index (κ2) is 5.73. The molecule has 2 aromatic rings. The molecule has 16 heavy (non-hydrogen) atoms. The summed E-state index contributed by atoms with van der Waals surface area (Å²) in [6.45, 7) is 3.81. The molecular weight excluding hydrogens is 372 g/mol. The lowest BCUT2D eigenvalue weighted by Crippen LogP contribution is -2.10. The monoisotopic (exact) mass is 380 g/mol. The van der Waals surface area contributed by atoms with E-state index in [1.807, 2.05) is 13.1 Å². The molecule has 0 amide bonds. The van der Waals surface area contributed by atoms with Crippen LogP contribution >= 0.6 is 54.5 Å². The van der Waals surface area contributed by atoms with Gasteiger partial charge in [0.15, 0.2) is 0 Å². The van der Waals surface area contributed by atoms with E-state index in [1.54, 1.807) is 22.7 Å². The third-order valence-electron chi connectivity index (χ3n) is 1.96. The van der Waals surface area contributed by atoms with Crippen LogP contribution < -0.4 is 5.32 Å². The van der Waals surface area contributed by atoms with Crippen LogP contribution in [0, 0.1) is 6.92 Å². The summed E-state index contributed by atoms with van der Waals surface area (Å²) in [7, 11) is 0. The predicted molar refractivity (Wildman–Crippen MR) is 77.1 cm³/mol. The first-order valence-electron chi connectivity index (χ1n) is 4.71. The summed E-state index contributed by atoms with van der Waals surface area (Å²) in [6, 6.07) is 2.14. The van der Waals surface area contributed by atoms with Gasteiger partial charge in [-0.1, -0.05) is 0 Å². The van der Waals surface area contributed by atoms with Crippen LogP contribution in [0.1, 0.15) is 14.8 Å². The summed E-state index contributed by atoms with van der Waals surface area (Å²) >= 11 is 10.5. The Labute approximate surface area is 119 Å². The minimum Gasteiger partial charge on any atom is -0.307 e. The van der Waals surface area contributed by atoms with Crippen molar-refractivity contribution in [3.05, 3.63) is 35.3 Å². The summed E-state index contributed by atoms with van der Waals surface area (Å²) in [5, 5.41) is 4.53. The number of aromatic nitrogens is 1. The number of thiophene rings is 1. The molecule has 0 aromatic carbocycles. The molecule has 2 aromatic heterocycles. The number of rotatable bonds is 4. The molecule has 0 fully saturated rings. The van der Waals surface area contributed by atoms with Crippen LogP contribution in [-0.4, -0.2) is 4.98 Å². The molecule has 2 heterocycles. The van der Waals surface area contributed by atoms with Crippen LogP contribution in [0.3, 0.4) is 0 Å². The number of hydrogen-bond donors (Lipinski definition) is 1. The fraction of sp³-hybridized carbons (Fsp3) is 0.300. The minimum atomic E-state index is 0.888. The Bertz CT molecular complexity index is 459. The predicted octanol–water partition coefficient (Wildman–Crippen LogP) is 4.33. The number of halogens is 2. The molecular formula is C10H10Br2N2S2. The maximum atomic E-state index is 4.23. The molecule has 0 bridgehead atoms. The molecule has 0 aliphatic rings. The molecule has 0 aliphatic heterocycles. The Morgan fingerprint density at radius 1 is 1.25 bits per heavy atom. The van der Waals surface area contributed by atoms with E-state index in [2.05, 4.69) is 48.2 Å². The Morgan fingerprint density at radius 3 is 2.56 bits per heavy atom. The van der Waals surface area contributed by atoms with Crippen molar-refractivity contribution < 1.29 is 0 Å². The van der Waals surface area contributed by atoms with Gasteiger partial charge < -0.3 is 5.32 Å². The van der Waals surface area contributed by atoms with Gasteiger partial charge in [-0.3, -0.25) is 0 Å². The van der Waals surface area contributed by atoms with Gasteiger partial charge in [0.2, 0.25) is 0 Å². The van der Waals surface area contributed by atoms with Gasteiger partial charge in [-0.2, -0.15) is 0 Å². The van der Waals surface area contributed by atoms with E-state index in [1.165, 1.54) is 9.75 Å². The van der Waals surface area contributed by atoms with Gasteiger partial charge in [0, 0.05) is 33.5 Å². The maximum Gasteiger partial charge on any atom is 0.0897 e. The van der Waals surface area contributed by atoms with E-state index in [0.717, 1.165) is 26.4 Å². The summed E-state index contributed by atoms with van der Waals surface area (Å²) in [5.74, 6) is 0. The van der Waals surface area contributed by atoms with E-state index in [9.17, 15) is 0 Å². The third-order valence-corrected chi connectivity index (χ3v) is 6.13. The second-order valence-corrected chi connectivity index (χ2v) is 7.91. The molecule has 1 N–H and O–H groups in total. The highest BCUT2D eigenvalue weighted by molar-refractivity contribution is 9.13. The normalized spacial score (nSPS) is 10.9. The summed E-state index contributed by atoms with van der Waals surface area (Å²) in [4.78, 5) is 6.83. The average Bonchev–Trinajstić information content (AvgIpc) is 2.75. The molecule has 2 nitrogen and oxygen atoms in total. The van der Waals surface area contributed by atoms with Crippen LogP contribution in [0.2, 0.25) is 0 Å². The number of hydrogen-bond acceptors (Lipinski definition) is 4. The highest BCUT2D eigenvalue weighted by atomic mass is 79.9. The van der Waals surface area contributed by atoms with Crippen molar-refractivity contribution in [2.45, 2.75) is 20.0 Å². The highest BCUT2D eigenvalue weighted by Gasteiger charge is 2.04. The first-order chi connectivity index (χ1) is 7.65. The molecule has 0 radical (unpaired) electrons. The van der Waals surface area contributed by atoms with Gasteiger partial charge >= 0.3 is 0 Å². The zero-order chi connectivity index (χ0) is 11.5. The largest absolute Gasteiger partial charge is 0.307 e. The molecule has 86 valence electrons. The fourth-order valence-corrected chi connectivity index (χ4v) is 4.19. The van der Waals surface area contributed by atoms with Gasteiger partial charge in [-0.15, -0.1) is 22.7 Å². The number of nitrogens with zero attached hydrogens (tertiary/aromatic N) is 1. The Hall–Kier alpha value is 0.250. The topological polar surface area (TPSA) is 24.9 Å². The molecule has 0 spiro atoms. The Kier molecular flexibility index (Phi) is 4.55. The van der Waals surface area contributed by atoms with E-state index in [0.29, 0.717) is 0 Å². The van der Waals surface area contributed by atoms with Gasteiger partial charge in [-0.25, -0.2) is 4.98 Å². The molecule has 2 rings (SSSR count). The van der Waals surface area contributed by atoms with Crippen molar-refractivity contribution in [3.8, 4) is 0 Å². The van der Waals surface area contributed by atoms with Gasteiger partial charge in [-0.05, 0) is 44.8 Å². The van der Waals surface area contributed by atoms with E-state index >= 15 is 0 Å². The van der Waals surface area contributed by atoms with Crippen molar-refractivity contribution in [1.82, 2.24) is 10.3 Å². The summed E-state index contributed by atoms with van der Waals surface area (Å²) in [5.41, 5.74) is 0. The first kappa shape index (κ1) is 12.7. The maximum absolute atomic E-state index is 4.23. The Morgan fingerprint density at radius 2 is 2.00 bits per heavy atom. The fourth-order valence-electron chi connectivity index (χ4n) is 1.27. The van der Waals surface area contributed by atoms with Crippen LogP contribution in [-0.2, 0) is 13.1 Å². The smallest absolute Gasteiger partial charge is 0.0897 e. The van der Waals surface area contributed by atoms with Crippen LogP contribution in [0.25, 0.3) is 0 Å². The SMILES string of the molecule is Cc1ncc(CNCc2cc(Br)c(Br)s2)s1. The van der Waals surface area contributed by atoms with Crippen LogP contribution in [0.4, 0.5) is 0 Å². The molecule has 0 aliphatic carbocycles. The third kappa shape index (κ3) is 3.37. The standard InChI is InChI=1S/C10H10Br2N2S2/c1-6-14-5-8(15-6)4-13-3-7-2-9(11)10(12)16-7/h2,5,13H,3-4H2,1H3. The van der Waals surface area contributed by atoms with Gasteiger partial charge in [0.05, 0.1) is 8.79 Å². The lowest BCUT2D eigenvalue weighted by atomic mass is 10.4. The Balaban J connectivity index is 1.84. The number of nitrogens with one attached hydrogen (secondary N) is 1. The second-order valence-electron chi connectivity index (χ2n) is 3.28. The van der Waals surface area contributed by atoms with E-state index < -0.39 is 0 Å². The first-order valence-corrected chi connectivity index (χ1v) is 7.93. The van der Waals surface area contributed by atoms with Crippen molar-refractivity contribution in [2.75, 3.05) is 0 Å². The van der Waals surface area contributed by atoms with Gasteiger partial charge in [0.1, 0.15) is 0 Å². The zero-order valence-electron chi connectivity index (χ0n) is 8.59. The van der Waals surface area contributed by atoms with Crippen molar-refractivity contribution in [2.24, 2.45) is 0 Å². The molecule has 0 atom stereocenters. The quantitative estimate of drug-likeness (QED) is 0.852. The van der Waals surface area contributed by atoms with Crippen LogP contribution in [0.5, 0.6) is 0 Å². The van der Waals surface area contributed by atoms with Crippen molar-refractivity contribution >= 4 is 54.5 Å². The van der Waals surface area contributed by atoms with E-state index in [-0.39, 0.29) is 0 Å². The minimum absolute atomic E-state index is 0.888. The molecule has 0 saturated heterocycles. The summed E-state index contributed by atoms with van der Waals surface area (Å²) < 4.78 is 2.28. The highest BCUT2D eigenvalue weighted by Crippen LogP contribution is 2.32. The zero-order valence-corrected chi connectivity index (χ0v) is 13.4. The van der Waals surface area contributed by atoms with Crippen LogP contribution in [0.15, 0.2) is 20.5 Å². The lowest BCUT2D eigenvalue weighted by Gasteiger charge is -1.99. The van der Waals surface area contributed by atoms with Crippen molar-refractivity contribution in [3.63, 3.8) is 0 Å². The lowest BCUT2D eigenvalue weighted by molar-refractivity contribution is 0.708. The number of thiazole rings is 1. The average molecular weight is 382 g/mol. The van der Waals surface area contributed by atoms with Gasteiger partial charge in [0.25, 0.3) is 0 Å². The molecule has 0 unspecified atom stereocenters. The molecule has 6 heteroatoms. The van der Waals surface area contributed by atoms with Crippen molar-refractivity contribution in [1.29, 1.82) is 0 Å². The number of aryl methyl sites for hydroxylation is 1. The summed E-state index contributed by atoms with van der Waals surface area (Å²) in [6.07, 6.45) is 1.94.